The van der Waals surface area contributed by atoms with Gasteiger partial charge in [-0.1, -0.05) is 18.2 Å². The van der Waals surface area contributed by atoms with Gasteiger partial charge in [0.05, 0.1) is 17.5 Å². The molecule has 23 heavy (non-hydrogen) atoms. The van der Waals surface area contributed by atoms with Crippen molar-refractivity contribution in [2.75, 3.05) is 0 Å². The molecule has 3 rings (SSSR count). The van der Waals surface area contributed by atoms with Crippen LogP contribution in [0.1, 0.15) is 21.6 Å². The second-order valence-corrected chi connectivity index (χ2v) is 4.82. The van der Waals surface area contributed by atoms with Gasteiger partial charge in [-0.25, -0.2) is 4.79 Å². The third kappa shape index (κ3) is 4.16. The monoisotopic (exact) mass is 309 g/mol. The molecule has 0 fully saturated rings. The summed E-state index contributed by atoms with van der Waals surface area (Å²) in [6.07, 6.45) is 4.65. The number of hydrogen-bond acceptors (Lipinski definition) is 5. The first-order valence-corrected chi connectivity index (χ1v) is 7.09. The Balaban J connectivity index is 1.56. The molecule has 116 valence electrons. The molecule has 0 atom stereocenters. The molecule has 0 amide bonds. The molecule has 6 nitrogen and oxygen atoms in total. The van der Waals surface area contributed by atoms with E-state index in [2.05, 4.69) is 15.2 Å². The number of benzene rings is 1. The first-order chi connectivity index (χ1) is 11.3. The fourth-order valence-corrected chi connectivity index (χ4v) is 1.96. The molecule has 0 spiro atoms. The lowest BCUT2D eigenvalue weighted by molar-refractivity contribution is 0.0472. The van der Waals surface area contributed by atoms with Crippen molar-refractivity contribution >= 4 is 5.97 Å². The molecule has 0 radical (unpaired) electrons. The van der Waals surface area contributed by atoms with Gasteiger partial charge in [-0.2, -0.15) is 5.10 Å². The first-order valence-electron chi connectivity index (χ1n) is 7.09. The summed E-state index contributed by atoms with van der Waals surface area (Å²) < 4.78 is 10.9. The molecule has 2 heterocycles. The van der Waals surface area contributed by atoms with Gasteiger partial charge in [-0.05, 0) is 29.8 Å². The summed E-state index contributed by atoms with van der Waals surface area (Å²) in [4.78, 5) is 16.0. The lowest BCUT2D eigenvalue weighted by Gasteiger charge is -2.08. The average molecular weight is 309 g/mol. The number of carbonyl (C=O) groups excluding carboxylic acids is 1. The van der Waals surface area contributed by atoms with Crippen LogP contribution in [-0.2, 0) is 18.0 Å². The Morgan fingerprint density at radius 3 is 2.87 bits per heavy atom. The minimum Gasteiger partial charge on any atom is -0.487 e. The predicted molar refractivity (Wildman–Crippen MR) is 82.7 cm³/mol. The third-order valence-corrected chi connectivity index (χ3v) is 3.12. The molecule has 0 saturated carbocycles. The Morgan fingerprint density at radius 2 is 2.09 bits per heavy atom. The number of aromatic nitrogens is 3. The summed E-state index contributed by atoms with van der Waals surface area (Å²) >= 11 is 0. The van der Waals surface area contributed by atoms with E-state index in [1.54, 1.807) is 6.20 Å². The van der Waals surface area contributed by atoms with E-state index in [1.807, 2.05) is 42.5 Å². The fourth-order valence-electron chi connectivity index (χ4n) is 1.96. The van der Waals surface area contributed by atoms with Crippen LogP contribution in [0.15, 0.2) is 61.1 Å². The SMILES string of the molecule is O=C(OCc1cccc(OCc2ccccn2)c1)c1cn[nH]c1. The zero-order valence-electron chi connectivity index (χ0n) is 12.3. The highest BCUT2D eigenvalue weighted by Gasteiger charge is 2.08. The number of pyridine rings is 1. The molecule has 0 bridgehead atoms. The molecule has 0 saturated heterocycles. The fraction of sp³-hybridized carbons (Fsp3) is 0.118. The summed E-state index contributed by atoms with van der Waals surface area (Å²) in [6.45, 7) is 0.559. The first kappa shape index (κ1) is 14.8. The highest BCUT2D eigenvalue weighted by Crippen LogP contribution is 2.16. The summed E-state index contributed by atoms with van der Waals surface area (Å²) in [5.74, 6) is 0.283. The van der Waals surface area contributed by atoms with Crippen molar-refractivity contribution in [3.63, 3.8) is 0 Å². The molecule has 6 heteroatoms. The van der Waals surface area contributed by atoms with Crippen LogP contribution in [0, 0.1) is 0 Å². The maximum atomic E-state index is 11.8. The summed E-state index contributed by atoms with van der Waals surface area (Å²) in [7, 11) is 0. The van der Waals surface area contributed by atoms with E-state index in [-0.39, 0.29) is 6.61 Å². The summed E-state index contributed by atoms with van der Waals surface area (Å²) in [5.41, 5.74) is 2.09. The number of aromatic amines is 1. The number of nitrogens with one attached hydrogen (secondary N) is 1. The Morgan fingerprint density at radius 1 is 1.13 bits per heavy atom. The molecule has 1 N–H and O–H groups in total. The van der Waals surface area contributed by atoms with Crippen molar-refractivity contribution in [2.45, 2.75) is 13.2 Å². The maximum absolute atomic E-state index is 11.8. The minimum atomic E-state index is -0.418. The van der Waals surface area contributed by atoms with Crippen LogP contribution in [0.2, 0.25) is 0 Å². The standard InChI is InChI=1S/C17H15N3O3/c21-17(14-9-19-20-10-14)23-11-13-4-3-6-16(8-13)22-12-15-5-1-2-7-18-15/h1-10H,11-12H2,(H,19,20). The normalized spacial score (nSPS) is 10.3. The highest BCUT2D eigenvalue weighted by atomic mass is 16.5. The highest BCUT2D eigenvalue weighted by molar-refractivity contribution is 5.88. The van der Waals surface area contributed by atoms with Crippen LogP contribution in [0.25, 0.3) is 0 Å². The van der Waals surface area contributed by atoms with Gasteiger partial charge < -0.3 is 9.47 Å². The van der Waals surface area contributed by atoms with Crippen molar-refractivity contribution in [1.29, 1.82) is 0 Å². The lowest BCUT2D eigenvalue weighted by atomic mass is 10.2. The zero-order chi connectivity index (χ0) is 15.9. The zero-order valence-corrected chi connectivity index (χ0v) is 12.3. The second-order valence-electron chi connectivity index (χ2n) is 4.82. The van der Waals surface area contributed by atoms with Crippen LogP contribution in [-0.4, -0.2) is 21.2 Å². The van der Waals surface area contributed by atoms with Gasteiger partial charge in [0.15, 0.2) is 0 Å². The molecule has 0 aliphatic heterocycles. The second kappa shape index (κ2) is 7.22. The van der Waals surface area contributed by atoms with Gasteiger partial charge in [0.1, 0.15) is 19.0 Å². The van der Waals surface area contributed by atoms with Crippen molar-refractivity contribution in [1.82, 2.24) is 15.2 Å². The van der Waals surface area contributed by atoms with Crippen LogP contribution in [0.3, 0.4) is 0 Å². The van der Waals surface area contributed by atoms with Gasteiger partial charge >= 0.3 is 5.97 Å². The topological polar surface area (TPSA) is 77.1 Å². The van der Waals surface area contributed by atoms with Gasteiger partial charge in [0.2, 0.25) is 0 Å². The maximum Gasteiger partial charge on any atom is 0.341 e. The Kier molecular flexibility index (Phi) is 4.63. The van der Waals surface area contributed by atoms with Gasteiger partial charge in [0, 0.05) is 12.4 Å². The number of carbonyl (C=O) groups is 1. The van der Waals surface area contributed by atoms with Crippen LogP contribution < -0.4 is 4.74 Å². The van der Waals surface area contributed by atoms with Crippen molar-refractivity contribution in [2.24, 2.45) is 0 Å². The molecular formula is C17H15N3O3. The van der Waals surface area contributed by atoms with Gasteiger partial charge in [-0.3, -0.25) is 10.1 Å². The molecule has 1 aromatic carbocycles. The molecule has 0 unspecified atom stereocenters. The number of rotatable bonds is 6. The summed E-state index contributed by atoms with van der Waals surface area (Å²) in [5, 5.41) is 6.29. The summed E-state index contributed by atoms with van der Waals surface area (Å²) in [6, 6.07) is 13.1. The van der Waals surface area contributed by atoms with Crippen molar-refractivity contribution in [3.8, 4) is 5.75 Å². The minimum absolute atomic E-state index is 0.171. The lowest BCUT2D eigenvalue weighted by Crippen LogP contribution is -2.04. The third-order valence-electron chi connectivity index (χ3n) is 3.12. The molecule has 2 aromatic heterocycles. The van der Waals surface area contributed by atoms with E-state index in [0.29, 0.717) is 17.9 Å². The van der Waals surface area contributed by atoms with E-state index < -0.39 is 5.97 Å². The van der Waals surface area contributed by atoms with Gasteiger partial charge in [-0.15, -0.1) is 0 Å². The Bertz CT molecular complexity index is 758. The smallest absolute Gasteiger partial charge is 0.341 e. The largest absolute Gasteiger partial charge is 0.487 e. The van der Waals surface area contributed by atoms with Crippen molar-refractivity contribution < 1.29 is 14.3 Å². The predicted octanol–water partition coefficient (Wildman–Crippen LogP) is 2.74. The number of H-pyrrole nitrogens is 1. The molecular weight excluding hydrogens is 294 g/mol. The Hall–Kier alpha value is -3.15. The number of nitrogens with zero attached hydrogens (tertiary/aromatic N) is 2. The molecule has 3 aromatic rings. The Labute approximate surface area is 133 Å². The van der Waals surface area contributed by atoms with E-state index in [9.17, 15) is 4.79 Å². The average Bonchev–Trinajstić information content (AvgIpc) is 3.14. The van der Waals surface area contributed by atoms with Gasteiger partial charge in [0.25, 0.3) is 0 Å². The number of hydrogen-bond donors (Lipinski definition) is 1. The number of esters is 1. The van der Waals surface area contributed by atoms with Crippen LogP contribution in [0.5, 0.6) is 5.75 Å². The van der Waals surface area contributed by atoms with Crippen molar-refractivity contribution in [3.05, 3.63) is 77.9 Å². The van der Waals surface area contributed by atoms with E-state index in [4.69, 9.17) is 9.47 Å². The van der Waals surface area contributed by atoms with E-state index in [1.165, 1.54) is 12.4 Å². The van der Waals surface area contributed by atoms with Crippen LogP contribution >= 0.6 is 0 Å². The van der Waals surface area contributed by atoms with Crippen LogP contribution in [0.4, 0.5) is 0 Å². The van der Waals surface area contributed by atoms with E-state index >= 15 is 0 Å². The molecule has 0 aliphatic carbocycles. The quantitative estimate of drug-likeness (QED) is 0.708. The molecule has 0 aliphatic rings. The van der Waals surface area contributed by atoms with E-state index in [0.717, 1.165) is 11.3 Å². The number of ether oxygens (including phenoxy) is 2.